The standard InChI is InChI=1S/C21H29N5O5/c1-12(2)11-30-21(29)23-19-18(24-25-26(19)4)16-8-9-17(13(3)22-16)31-15-7-5-6-14(10-15)20(27)28/h8-9,12,14-15H,5-7,10-11H2,1-4H3,(H,23,29)(H,27,28)/t14-,15-/m0/s1. The molecule has 1 aliphatic rings. The molecule has 2 aromatic rings. The van der Waals surface area contributed by atoms with Crippen molar-refractivity contribution in [1.29, 1.82) is 0 Å². The molecule has 0 spiro atoms. The first-order chi connectivity index (χ1) is 14.7. The predicted octanol–water partition coefficient (Wildman–Crippen LogP) is 3.41. The van der Waals surface area contributed by atoms with Gasteiger partial charge in [-0.1, -0.05) is 19.1 Å². The van der Waals surface area contributed by atoms with Gasteiger partial charge >= 0.3 is 12.1 Å². The number of carboxylic acid groups (broad SMARTS) is 1. The van der Waals surface area contributed by atoms with Gasteiger partial charge in [0.25, 0.3) is 0 Å². The van der Waals surface area contributed by atoms with E-state index in [4.69, 9.17) is 9.47 Å². The number of hydrogen-bond donors (Lipinski definition) is 2. The number of pyridine rings is 1. The normalized spacial score (nSPS) is 18.6. The molecule has 1 fully saturated rings. The minimum atomic E-state index is -0.770. The number of nitrogens with zero attached hydrogens (tertiary/aromatic N) is 4. The number of amides is 1. The van der Waals surface area contributed by atoms with Crippen LogP contribution in [-0.2, 0) is 16.6 Å². The predicted molar refractivity (Wildman–Crippen MR) is 113 cm³/mol. The Bertz CT molecular complexity index is 942. The molecule has 1 aliphatic carbocycles. The van der Waals surface area contributed by atoms with E-state index in [1.54, 1.807) is 19.2 Å². The first-order valence-corrected chi connectivity index (χ1v) is 10.5. The largest absolute Gasteiger partial charge is 0.489 e. The third kappa shape index (κ3) is 5.71. The number of aryl methyl sites for hydroxylation is 2. The van der Waals surface area contributed by atoms with Crippen molar-refractivity contribution in [2.45, 2.75) is 52.6 Å². The smallest absolute Gasteiger partial charge is 0.412 e. The molecule has 10 nitrogen and oxygen atoms in total. The third-order valence-corrected chi connectivity index (χ3v) is 5.14. The van der Waals surface area contributed by atoms with E-state index in [0.717, 1.165) is 12.8 Å². The first kappa shape index (κ1) is 22.5. The Balaban J connectivity index is 1.73. The summed E-state index contributed by atoms with van der Waals surface area (Å²) in [6.45, 7) is 6.03. The van der Waals surface area contributed by atoms with Gasteiger partial charge < -0.3 is 14.6 Å². The fraction of sp³-hybridized carbons (Fsp3) is 0.571. The highest BCUT2D eigenvalue weighted by Gasteiger charge is 2.28. The van der Waals surface area contributed by atoms with Crippen molar-refractivity contribution in [3.05, 3.63) is 17.8 Å². The van der Waals surface area contributed by atoms with E-state index in [9.17, 15) is 14.7 Å². The quantitative estimate of drug-likeness (QED) is 0.682. The summed E-state index contributed by atoms with van der Waals surface area (Å²) >= 11 is 0. The third-order valence-electron chi connectivity index (χ3n) is 5.14. The van der Waals surface area contributed by atoms with Crippen LogP contribution in [0.2, 0.25) is 0 Å². The van der Waals surface area contributed by atoms with E-state index in [1.807, 2.05) is 20.8 Å². The van der Waals surface area contributed by atoms with Crippen LogP contribution in [0.1, 0.15) is 45.2 Å². The minimum absolute atomic E-state index is 0.148. The Kier molecular flexibility index (Phi) is 7.09. The van der Waals surface area contributed by atoms with Crippen molar-refractivity contribution >= 4 is 17.9 Å². The van der Waals surface area contributed by atoms with Gasteiger partial charge in [0.05, 0.1) is 30.0 Å². The van der Waals surface area contributed by atoms with Gasteiger partial charge in [-0.2, -0.15) is 0 Å². The lowest BCUT2D eigenvalue weighted by atomic mass is 9.87. The van der Waals surface area contributed by atoms with E-state index in [-0.39, 0.29) is 17.9 Å². The molecule has 10 heteroatoms. The van der Waals surface area contributed by atoms with Crippen LogP contribution < -0.4 is 10.1 Å². The molecular weight excluding hydrogens is 402 g/mol. The van der Waals surface area contributed by atoms with Gasteiger partial charge in [0.2, 0.25) is 0 Å². The summed E-state index contributed by atoms with van der Waals surface area (Å²) in [7, 11) is 1.67. The lowest BCUT2D eigenvalue weighted by Crippen LogP contribution is -2.29. The van der Waals surface area contributed by atoms with Crippen molar-refractivity contribution in [3.8, 4) is 17.1 Å². The molecule has 0 radical (unpaired) electrons. The van der Waals surface area contributed by atoms with Crippen molar-refractivity contribution in [1.82, 2.24) is 20.0 Å². The number of hydrogen-bond acceptors (Lipinski definition) is 7. The maximum absolute atomic E-state index is 12.1. The topological polar surface area (TPSA) is 128 Å². The molecule has 168 valence electrons. The minimum Gasteiger partial charge on any atom is -0.489 e. The summed E-state index contributed by atoms with van der Waals surface area (Å²) in [6, 6.07) is 3.53. The number of aliphatic carboxylic acids is 1. The number of anilines is 1. The van der Waals surface area contributed by atoms with Crippen molar-refractivity contribution in [2.24, 2.45) is 18.9 Å². The number of carbonyl (C=O) groups is 2. The summed E-state index contributed by atoms with van der Waals surface area (Å²) in [5, 5.41) is 20.1. The number of nitrogens with one attached hydrogen (secondary N) is 1. The molecule has 2 heterocycles. The molecule has 0 saturated heterocycles. The Morgan fingerprint density at radius 1 is 1.32 bits per heavy atom. The Morgan fingerprint density at radius 2 is 2.10 bits per heavy atom. The zero-order valence-electron chi connectivity index (χ0n) is 18.3. The van der Waals surface area contributed by atoms with E-state index in [0.29, 0.717) is 48.1 Å². The number of aromatic nitrogens is 4. The molecular formula is C21H29N5O5. The molecule has 3 rings (SSSR count). The van der Waals surface area contributed by atoms with Crippen LogP contribution in [0.4, 0.5) is 10.6 Å². The number of carboxylic acids is 1. The highest BCUT2D eigenvalue weighted by molar-refractivity contribution is 5.88. The van der Waals surface area contributed by atoms with E-state index in [2.05, 4.69) is 20.6 Å². The van der Waals surface area contributed by atoms with Crippen LogP contribution in [0.5, 0.6) is 5.75 Å². The van der Waals surface area contributed by atoms with Crippen molar-refractivity contribution < 1.29 is 24.2 Å². The maximum Gasteiger partial charge on any atom is 0.412 e. The Labute approximate surface area is 181 Å². The van der Waals surface area contributed by atoms with Crippen LogP contribution in [-0.4, -0.2) is 49.9 Å². The van der Waals surface area contributed by atoms with Crippen LogP contribution >= 0.6 is 0 Å². The fourth-order valence-corrected chi connectivity index (χ4v) is 3.51. The number of ether oxygens (including phenoxy) is 2. The lowest BCUT2D eigenvalue weighted by Gasteiger charge is -2.27. The van der Waals surface area contributed by atoms with Crippen LogP contribution in [0.25, 0.3) is 11.4 Å². The maximum atomic E-state index is 12.1. The zero-order chi connectivity index (χ0) is 22.5. The molecule has 2 N–H and O–H groups in total. The summed E-state index contributed by atoms with van der Waals surface area (Å²) in [6.07, 6.45) is 2.10. The zero-order valence-corrected chi connectivity index (χ0v) is 18.3. The molecule has 0 unspecified atom stereocenters. The summed E-state index contributed by atoms with van der Waals surface area (Å²) < 4.78 is 12.7. The van der Waals surface area contributed by atoms with Gasteiger partial charge in [-0.25, -0.2) is 14.5 Å². The second kappa shape index (κ2) is 9.76. The van der Waals surface area contributed by atoms with Gasteiger partial charge in [0, 0.05) is 7.05 Å². The molecule has 0 bridgehead atoms. The van der Waals surface area contributed by atoms with E-state index >= 15 is 0 Å². The molecule has 2 aromatic heterocycles. The molecule has 0 aliphatic heterocycles. The Hall–Kier alpha value is -3.17. The number of rotatable bonds is 7. The van der Waals surface area contributed by atoms with Crippen molar-refractivity contribution in [3.63, 3.8) is 0 Å². The fourth-order valence-electron chi connectivity index (χ4n) is 3.51. The molecule has 1 saturated carbocycles. The second-order valence-corrected chi connectivity index (χ2v) is 8.25. The SMILES string of the molecule is Cc1nc(-c2nnn(C)c2NC(=O)OCC(C)C)ccc1O[C@H]1CCC[C@H](C(=O)O)C1. The lowest BCUT2D eigenvalue weighted by molar-refractivity contribution is -0.143. The molecule has 1 amide bonds. The van der Waals surface area contributed by atoms with Gasteiger partial charge in [0.1, 0.15) is 5.75 Å². The number of carbonyl (C=O) groups excluding carboxylic acids is 1. The van der Waals surface area contributed by atoms with Gasteiger partial charge in [-0.15, -0.1) is 5.10 Å². The van der Waals surface area contributed by atoms with Gasteiger partial charge in [-0.3, -0.25) is 10.1 Å². The van der Waals surface area contributed by atoms with Crippen LogP contribution in [0.15, 0.2) is 12.1 Å². The van der Waals surface area contributed by atoms with Crippen LogP contribution in [0.3, 0.4) is 0 Å². The summed E-state index contributed by atoms with van der Waals surface area (Å²) in [5.74, 6) is 0.0742. The highest BCUT2D eigenvalue weighted by Crippen LogP contribution is 2.31. The van der Waals surface area contributed by atoms with E-state index < -0.39 is 12.1 Å². The van der Waals surface area contributed by atoms with Crippen molar-refractivity contribution in [2.75, 3.05) is 11.9 Å². The average Bonchev–Trinajstić information content (AvgIpc) is 3.08. The highest BCUT2D eigenvalue weighted by atomic mass is 16.5. The van der Waals surface area contributed by atoms with E-state index in [1.165, 1.54) is 4.68 Å². The summed E-state index contributed by atoms with van der Waals surface area (Å²) in [4.78, 5) is 27.9. The van der Waals surface area contributed by atoms with Gasteiger partial charge in [-0.05, 0) is 50.7 Å². The van der Waals surface area contributed by atoms with Gasteiger partial charge in [0.15, 0.2) is 11.5 Å². The molecule has 2 atom stereocenters. The second-order valence-electron chi connectivity index (χ2n) is 8.25. The summed E-state index contributed by atoms with van der Waals surface area (Å²) in [5.41, 5.74) is 1.60. The Morgan fingerprint density at radius 3 is 2.77 bits per heavy atom. The molecule has 0 aromatic carbocycles. The van der Waals surface area contributed by atoms with Crippen LogP contribution in [0, 0.1) is 18.8 Å². The molecule has 31 heavy (non-hydrogen) atoms. The first-order valence-electron chi connectivity index (χ1n) is 10.5. The monoisotopic (exact) mass is 431 g/mol. The average molecular weight is 431 g/mol.